The third-order valence-corrected chi connectivity index (χ3v) is 1.89. The van der Waals surface area contributed by atoms with Gasteiger partial charge in [0.1, 0.15) is 17.6 Å². The minimum absolute atomic E-state index is 0.153. The maximum absolute atomic E-state index is 13.1. The third-order valence-electron chi connectivity index (χ3n) is 1.65. The minimum atomic E-state index is -0.882. The van der Waals surface area contributed by atoms with E-state index in [1.165, 1.54) is 0 Å². The Morgan fingerprint density at radius 1 is 1.64 bits per heavy atom. The van der Waals surface area contributed by atoms with E-state index in [4.69, 9.17) is 16.9 Å². The molecule has 72 valence electrons. The standard InChI is InChI=1S/C9H5ClFNO2/c10-3-7(13)8-6(11)2-1-5(4-12)9(8)14/h1-2,14H,3H2. The van der Waals surface area contributed by atoms with Crippen LogP contribution >= 0.6 is 11.6 Å². The van der Waals surface area contributed by atoms with Crippen LogP contribution in [0.4, 0.5) is 4.39 Å². The summed E-state index contributed by atoms with van der Waals surface area (Å²) in [6.07, 6.45) is 0. The SMILES string of the molecule is N#Cc1ccc(F)c(C(=O)CCl)c1O. The second-order valence-electron chi connectivity index (χ2n) is 2.49. The molecule has 0 radical (unpaired) electrons. The predicted octanol–water partition coefficient (Wildman–Crippen LogP) is 1.82. The van der Waals surface area contributed by atoms with Crippen LogP contribution in [0.2, 0.25) is 0 Å². The molecule has 1 rings (SSSR count). The normalized spacial score (nSPS) is 9.50. The quantitative estimate of drug-likeness (QED) is 0.602. The lowest BCUT2D eigenvalue weighted by Crippen LogP contribution is -2.05. The highest BCUT2D eigenvalue weighted by molar-refractivity contribution is 6.30. The van der Waals surface area contributed by atoms with Crippen LogP contribution < -0.4 is 0 Å². The lowest BCUT2D eigenvalue weighted by atomic mass is 10.1. The largest absolute Gasteiger partial charge is 0.506 e. The van der Waals surface area contributed by atoms with E-state index in [9.17, 15) is 14.3 Å². The zero-order valence-corrected chi connectivity index (χ0v) is 7.68. The van der Waals surface area contributed by atoms with E-state index >= 15 is 0 Å². The molecular weight excluding hydrogens is 209 g/mol. The molecule has 1 aromatic carbocycles. The highest BCUT2D eigenvalue weighted by Gasteiger charge is 2.18. The van der Waals surface area contributed by atoms with Crippen molar-refractivity contribution >= 4 is 17.4 Å². The van der Waals surface area contributed by atoms with Crippen molar-refractivity contribution in [1.29, 1.82) is 5.26 Å². The second-order valence-corrected chi connectivity index (χ2v) is 2.75. The fourth-order valence-electron chi connectivity index (χ4n) is 0.989. The maximum atomic E-state index is 13.1. The Balaban J connectivity index is 3.42. The van der Waals surface area contributed by atoms with Crippen molar-refractivity contribution in [1.82, 2.24) is 0 Å². The number of hydrogen-bond donors (Lipinski definition) is 1. The molecule has 5 heteroatoms. The van der Waals surface area contributed by atoms with E-state index in [2.05, 4.69) is 0 Å². The van der Waals surface area contributed by atoms with Crippen molar-refractivity contribution in [2.24, 2.45) is 0 Å². The first-order valence-electron chi connectivity index (χ1n) is 3.62. The molecule has 3 nitrogen and oxygen atoms in total. The zero-order chi connectivity index (χ0) is 10.7. The minimum Gasteiger partial charge on any atom is -0.506 e. The molecule has 0 unspecified atom stereocenters. The van der Waals surface area contributed by atoms with Gasteiger partial charge in [0.15, 0.2) is 5.78 Å². The first-order valence-corrected chi connectivity index (χ1v) is 4.16. The number of nitrogens with zero attached hydrogens (tertiary/aromatic N) is 1. The zero-order valence-electron chi connectivity index (χ0n) is 6.92. The monoisotopic (exact) mass is 213 g/mol. The van der Waals surface area contributed by atoms with Gasteiger partial charge in [-0.3, -0.25) is 4.79 Å². The number of rotatable bonds is 2. The number of alkyl halides is 1. The number of carbonyl (C=O) groups is 1. The third kappa shape index (κ3) is 1.68. The van der Waals surface area contributed by atoms with Crippen molar-refractivity contribution in [2.75, 3.05) is 5.88 Å². The smallest absolute Gasteiger partial charge is 0.184 e. The molecule has 0 fully saturated rings. The van der Waals surface area contributed by atoms with Gasteiger partial charge in [0.05, 0.1) is 17.0 Å². The molecule has 0 aromatic heterocycles. The lowest BCUT2D eigenvalue weighted by Gasteiger charge is -2.03. The van der Waals surface area contributed by atoms with Gasteiger partial charge in [-0.1, -0.05) is 0 Å². The predicted molar refractivity (Wildman–Crippen MR) is 47.8 cm³/mol. The molecule has 1 N–H and O–H groups in total. The molecule has 0 aliphatic heterocycles. The molecule has 0 aliphatic rings. The van der Waals surface area contributed by atoms with E-state index in [1.54, 1.807) is 6.07 Å². The Morgan fingerprint density at radius 2 is 2.29 bits per heavy atom. The van der Waals surface area contributed by atoms with E-state index in [0.717, 1.165) is 12.1 Å². The first-order chi connectivity index (χ1) is 6.61. The number of phenols is 1. The molecule has 0 bridgehead atoms. The van der Waals surface area contributed by atoms with Gasteiger partial charge >= 0.3 is 0 Å². The van der Waals surface area contributed by atoms with E-state index in [1.807, 2.05) is 0 Å². The summed E-state index contributed by atoms with van der Waals surface area (Å²) in [5.41, 5.74) is -0.682. The molecule has 0 heterocycles. The van der Waals surface area contributed by atoms with Crippen LogP contribution in [0.5, 0.6) is 5.75 Å². The van der Waals surface area contributed by atoms with Crippen LogP contribution in [0.25, 0.3) is 0 Å². The topological polar surface area (TPSA) is 61.1 Å². The molecule has 1 aromatic rings. The highest BCUT2D eigenvalue weighted by atomic mass is 35.5. The van der Waals surface area contributed by atoms with Gasteiger partial charge in [-0.05, 0) is 12.1 Å². The first kappa shape index (κ1) is 10.5. The number of carbonyl (C=O) groups excluding carboxylic acids is 1. The average Bonchev–Trinajstić information content (AvgIpc) is 2.18. The number of phenolic OH excluding ortho intramolecular Hbond substituents is 1. The van der Waals surface area contributed by atoms with Crippen molar-refractivity contribution in [3.05, 3.63) is 29.1 Å². The van der Waals surface area contributed by atoms with Gasteiger partial charge in [0.25, 0.3) is 0 Å². The summed E-state index contributed by atoms with van der Waals surface area (Å²) in [6, 6.07) is 3.67. The summed E-state index contributed by atoms with van der Waals surface area (Å²) in [6.45, 7) is 0. The molecular formula is C9H5ClFNO2. The van der Waals surface area contributed by atoms with Crippen LogP contribution in [0.15, 0.2) is 12.1 Å². The van der Waals surface area contributed by atoms with Gasteiger partial charge in [-0.15, -0.1) is 11.6 Å². The molecule has 0 saturated carbocycles. The summed E-state index contributed by atoms with van der Waals surface area (Å²) in [5, 5.41) is 17.8. The van der Waals surface area contributed by atoms with E-state index < -0.39 is 28.8 Å². The summed E-state index contributed by atoms with van der Waals surface area (Å²) in [5.74, 6) is -2.73. The fourth-order valence-corrected chi connectivity index (χ4v) is 1.12. The van der Waals surface area contributed by atoms with Gasteiger partial charge in [-0.25, -0.2) is 4.39 Å². The molecule has 0 amide bonds. The number of aromatic hydroxyl groups is 1. The van der Waals surface area contributed by atoms with Gasteiger partial charge in [0, 0.05) is 0 Å². The van der Waals surface area contributed by atoms with Crippen LogP contribution in [-0.4, -0.2) is 16.8 Å². The van der Waals surface area contributed by atoms with Gasteiger partial charge in [0.2, 0.25) is 0 Å². The summed E-state index contributed by atoms with van der Waals surface area (Å²) < 4.78 is 13.1. The Morgan fingerprint density at radius 3 is 2.79 bits per heavy atom. The van der Waals surface area contributed by atoms with Gasteiger partial charge in [-0.2, -0.15) is 5.26 Å². The van der Waals surface area contributed by atoms with E-state index in [-0.39, 0.29) is 5.56 Å². The molecule has 0 aliphatic carbocycles. The lowest BCUT2D eigenvalue weighted by molar-refractivity contribution is 0.101. The number of ketones is 1. The molecule has 0 spiro atoms. The number of hydrogen-bond acceptors (Lipinski definition) is 3. The Hall–Kier alpha value is -1.60. The van der Waals surface area contributed by atoms with Crippen molar-refractivity contribution in [2.45, 2.75) is 0 Å². The van der Waals surface area contributed by atoms with E-state index in [0.29, 0.717) is 0 Å². The van der Waals surface area contributed by atoms with Crippen molar-refractivity contribution in [3.63, 3.8) is 0 Å². The van der Waals surface area contributed by atoms with Crippen LogP contribution in [0, 0.1) is 17.1 Å². The fraction of sp³-hybridized carbons (Fsp3) is 0.111. The number of benzene rings is 1. The van der Waals surface area contributed by atoms with Crippen LogP contribution in [-0.2, 0) is 0 Å². The molecule has 0 saturated heterocycles. The number of halogens is 2. The van der Waals surface area contributed by atoms with Crippen LogP contribution in [0.3, 0.4) is 0 Å². The Kier molecular flexibility index (Phi) is 3.05. The van der Waals surface area contributed by atoms with Crippen molar-refractivity contribution in [3.8, 4) is 11.8 Å². The summed E-state index contributed by atoms with van der Waals surface area (Å²) in [7, 11) is 0. The Labute approximate surface area is 84.3 Å². The Bertz CT molecular complexity index is 426. The summed E-state index contributed by atoms with van der Waals surface area (Å²) >= 11 is 5.22. The average molecular weight is 214 g/mol. The maximum Gasteiger partial charge on any atom is 0.184 e. The van der Waals surface area contributed by atoms with Gasteiger partial charge < -0.3 is 5.11 Å². The summed E-state index contributed by atoms with van der Waals surface area (Å²) in [4.78, 5) is 11.1. The molecule has 14 heavy (non-hydrogen) atoms. The van der Waals surface area contributed by atoms with Crippen molar-refractivity contribution < 1.29 is 14.3 Å². The van der Waals surface area contributed by atoms with Crippen LogP contribution in [0.1, 0.15) is 15.9 Å². The number of Topliss-reactive ketones (excluding diaryl/α,β-unsaturated/α-hetero) is 1. The second kappa shape index (κ2) is 4.07. The number of nitriles is 1. The molecule has 0 atom stereocenters. The highest BCUT2D eigenvalue weighted by Crippen LogP contribution is 2.25.